The zero-order chi connectivity index (χ0) is 12.9. The first-order valence-electron chi connectivity index (χ1n) is 5.36. The Morgan fingerprint density at radius 2 is 2.06 bits per heavy atom. The zero-order valence-electron chi connectivity index (χ0n) is 9.84. The van der Waals surface area contributed by atoms with Crippen LogP contribution in [-0.4, -0.2) is 19.7 Å². The first-order chi connectivity index (χ1) is 7.93. The van der Waals surface area contributed by atoms with E-state index >= 15 is 0 Å². The van der Waals surface area contributed by atoms with Crippen LogP contribution in [0.2, 0.25) is 0 Å². The third-order valence-corrected chi connectivity index (χ3v) is 2.28. The second-order valence-corrected chi connectivity index (χ2v) is 3.88. The fraction of sp³-hybridized carbons (Fsp3) is 0.500. The molecule has 0 bridgehead atoms. The molecule has 0 aliphatic carbocycles. The van der Waals surface area contributed by atoms with Crippen LogP contribution >= 0.6 is 0 Å². The third-order valence-electron chi connectivity index (χ3n) is 2.28. The summed E-state index contributed by atoms with van der Waals surface area (Å²) >= 11 is 0. The van der Waals surface area contributed by atoms with Crippen molar-refractivity contribution < 1.29 is 17.9 Å². The van der Waals surface area contributed by atoms with E-state index in [1.807, 2.05) is 6.92 Å². The Kier molecular flexibility index (Phi) is 4.96. The van der Waals surface area contributed by atoms with Crippen LogP contribution in [0.3, 0.4) is 0 Å². The number of nitrogens with one attached hydrogen (secondary N) is 1. The first-order valence-corrected chi connectivity index (χ1v) is 5.36. The van der Waals surface area contributed by atoms with Crippen molar-refractivity contribution in [3.05, 3.63) is 35.4 Å². The first kappa shape index (κ1) is 14.0. The van der Waals surface area contributed by atoms with E-state index in [0.29, 0.717) is 12.1 Å². The van der Waals surface area contributed by atoms with Crippen molar-refractivity contribution in [3.63, 3.8) is 0 Å². The number of ether oxygens (including phenoxy) is 1. The standard InChI is InChI=1S/C12H16F3NO/c1-9(7-16-2)17-8-10-4-3-5-11(6-10)12(13,14)15/h3-6,9,16H,7-8H2,1-2H3. The fourth-order valence-electron chi connectivity index (χ4n) is 1.42. The van der Waals surface area contributed by atoms with Gasteiger partial charge >= 0.3 is 6.18 Å². The third kappa shape index (κ3) is 4.75. The minimum Gasteiger partial charge on any atom is -0.373 e. The molecule has 0 heterocycles. The molecule has 1 aromatic rings. The number of hydrogen-bond donors (Lipinski definition) is 1. The summed E-state index contributed by atoms with van der Waals surface area (Å²) in [6, 6.07) is 5.19. The van der Waals surface area contributed by atoms with E-state index < -0.39 is 11.7 Å². The van der Waals surface area contributed by atoms with Crippen LogP contribution < -0.4 is 5.32 Å². The van der Waals surface area contributed by atoms with Crippen molar-refractivity contribution in [3.8, 4) is 0 Å². The topological polar surface area (TPSA) is 21.3 Å². The number of hydrogen-bond acceptors (Lipinski definition) is 2. The molecule has 0 spiro atoms. The molecule has 0 saturated heterocycles. The van der Waals surface area contributed by atoms with E-state index in [0.717, 1.165) is 12.1 Å². The van der Waals surface area contributed by atoms with Gasteiger partial charge in [0.15, 0.2) is 0 Å². The van der Waals surface area contributed by atoms with Crippen molar-refractivity contribution in [1.82, 2.24) is 5.32 Å². The van der Waals surface area contributed by atoms with Gasteiger partial charge in [-0.05, 0) is 31.7 Å². The maximum absolute atomic E-state index is 12.4. The van der Waals surface area contributed by atoms with Crippen molar-refractivity contribution in [2.45, 2.75) is 25.8 Å². The van der Waals surface area contributed by atoms with Crippen LogP contribution in [0.4, 0.5) is 13.2 Å². The lowest BCUT2D eigenvalue weighted by Crippen LogP contribution is -2.23. The van der Waals surface area contributed by atoms with Gasteiger partial charge in [0.2, 0.25) is 0 Å². The molecule has 1 rings (SSSR count). The van der Waals surface area contributed by atoms with Crippen LogP contribution in [0.25, 0.3) is 0 Å². The molecule has 2 nitrogen and oxygen atoms in total. The van der Waals surface area contributed by atoms with Gasteiger partial charge in [0, 0.05) is 6.54 Å². The summed E-state index contributed by atoms with van der Waals surface area (Å²) in [6.07, 6.45) is -4.33. The molecule has 0 aliphatic rings. The maximum Gasteiger partial charge on any atom is 0.416 e. The molecule has 17 heavy (non-hydrogen) atoms. The summed E-state index contributed by atoms with van der Waals surface area (Å²) in [5.74, 6) is 0. The van der Waals surface area contributed by atoms with Gasteiger partial charge in [-0.2, -0.15) is 13.2 Å². The Morgan fingerprint density at radius 3 is 2.65 bits per heavy atom. The molecule has 1 unspecified atom stereocenters. The Hall–Kier alpha value is -1.07. The lowest BCUT2D eigenvalue weighted by atomic mass is 10.1. The van der Waals surface area contributed by atoms with E-state index in [1.165, 1.54) is 6.07 Å². The van der Waals surface area contributed by atoms with Gasteiger partial charge in [-0.3, -0.25) is 0 Å². The summed E-state index contributed by atoms with van der Waals surface area (Å²) in [7, 11) is 1.80. The van der Waals surface area contributed by atoms with Gasteiger partial charge < -0.3 is 10.1 Å². The van der Waals surface area contributed by atoms with Gasteiger partial charge in [-0.25, -0.2) is 0 Å². The molecule has 0 saturated carbocycles. The minimum absolute atomic E-state index is 0.0328. The van der Waals surface area contributed by atoms with Crippen LogP contribution in [0.5, 0.6) is 0 Å². The van der Waals surface area contributed by atoms with Gasteiger partial charge in [0.05, 0.1) is 18.3 Å². The second-order valence-electron chi connectivity index (χ2n) is 3.88. The fourth-order valence-corrected chi connectivity index (χ4v) is 1.42. The Balaban J connectivity index is 2.60. The van der Waals surface area contributed by atoms with Gasteiger partial charge in [-0.15, -0.1) is 0 Å². The largest absolute Gasteiger partial charge is 0.416 e. The van der Waals surface area contributed by atoms with Crippen LogP contribution in [0.1, 0.15) is 18.1 Å². The smallest absolute Gasteiger partial charge is 0.373 e. The van der Waals surface area contributed by atoms with Crippen LogP contribution in [0, 0.1) is 0 Å². The summed E-state index contributed by atoms with van der Waals surface area (Å²) in [5, 5.41) is 2.93. The highest BCUT2D eigenvalue weighted by Gasteiger charge is 2.30. The molecular formula is C12H16F3NO. The van der Waals surface area contributed by atoms with Crippen molar-refractivity contribution in [2.75, 3.05) is 13.6 Å². The normalized spacial score (nSPS) is 13.7. The molecule has 0 radical (unpaired) electrons. The average molecular weight is 247 g/mol. The summed E-state index contributed by atoms with van der Waals surface area (Å²) < 4.78 is 42.7. The Bertz CT molecular complexity index is 352. The maximum atomic E-state index is 12.4. The summed E-state index contributed by atoms with van der Waals surface area (Å²) in [5.41, 5.74) is -0.109. The summed E-state index contributed by atoms with van der Waals surface area (Å²) in [6.45, 7) is 2.72. The lowest BCUT2D eigenvalue weighted by Gasteiger charge is -2.13. The zero-order valence-corrected chi connectivity index (χ0v) is 9.84. The molecule has 0 aromatic heterocycles. The predicted molar refractivity (Wildman–Crippen MR) is 59.6 cm³/mol. The van der Waals surface area contributed by atoms with E-state index in [4.69, 9.17) is 4.74 Å². The number of likely N-dealkylation sites (N-methyl/N-ethyl adjacent to an activating group) is 1. The molecule has 1 N–H and O–H groups in total. The molecule has 0 fully saturated rings. The monoisotopic (exact) mass is 247 g/mol. The Labute approximate surface area is 98.8 Å². The van der Waals surface area contributed by atoms with Gasteiger partial charge in [0.25, 0.3) is 0 Å². The van der Waals surface area contributed by atoms with E-state index in [9.17, 15) is 13.2 Å². The highest BCUT2D eigenvalue weighted by molar-refractivity contribution is 5.25. The minimum atomic E-state index is -4.30. The number of rotatable bonds is 5. The Morgan fingerprint density at radius 1 is 1.35 bits per heavy atom. The predicted octanol–water partition coefficient (Wildman–Crippen LogP) is 2.83. The van der Waals surface area contributed by atoms with Crippen molar-refractivity contribution >= 4 is 0 Å². The second kappa shape index (κ2) is 6.02. The van der Waals surface area contributed by atoms with Crippen molar-refractivity contribution in [2.24, 2.45) is 0 Å². The van der Waals surface area contributed by atoms with Crippen LogP contribution in [0.15, 0.2) is 24.3 Å². The van der Waals surface area contributed by atoms with E-state index in [1.54, 1.807) is 13.1 Å². The quantitative estimate of drug-likeness (QED) is 0.863. The molecule has 1 aromatic carbocycles. The average Bonchev–Trinajstić information content (AvgIpc) is 2.26. The molecular weight excluding hydrogens is 231 g/mol. The number of halogens is 3. The van der Waals surface area contributed by atoms with E-state index in [-0.39, 0.29) is 12.7 Å². The van der Waals surface area contributed by atoms with Gasteiger partial charge in [-0.1, -0.05) is 12.1 Å². The number of alkyl halides is 3. The molecule has 1 atom stereocenters. The van der Waals surface area contributed by atoms with E-state index in [2.05, 4.69) is 5.32 Å². The molecule has 0 aliphatic heterocycles. The lowest BCUT2D eigenvalue weighted by molar-refractivity contribution is -0.137. The molecule has 96 valence electrons. The summed E-state index contributed by atoms with van der Waals surface area (Å²) in [4.78, 5) is 0. The highest BCUT2D eigenvalue weighted by Crippen LogP contribution is 2.29. The van der Waals surface area contributed by atoms with Crippen molar-refractivity contribution in [1.29, 1.82) is 0 Å². The van der Waals surface area contributed by atoms with Gasteiger partial charge in [0.1, 0.15) is 0 Å². The SMILES string of the molecule is CNCC(C)OCc1cccc(C(F)(F)F)c1. The van der Waals surface area contributed by atoms with Crippen LogP contribution in [-0.2, 0) is 17.5 Å². The number of benzene rings is 1. The molecule has 0 amide bonds. The molecule has 5 heteroatoms. The highest BCUT2D eigenvalue weighted by atomic mass is 19.4.